The molecule has 2 amide bonds. The molecule has 3 rings (SSSR count). The zero-order valence-corrected chi connectivity index (χ0v) is 14.6. The van der Waals surface area contributed by atoms with Gasteiger partial charge in [-0.25, -0.2) is 0 Å². The van der Waals surface area contributed by atoms with E-state index in [0.29, 0.717) is 11.8 Å². The lowest BCUT2D eigenvalue weighted by atomic mass is 9.80. The third kappa shape index (κ3) is 4.07. The van der Waals surface area contributed by atoms with Gasteiger partial charge in [0.1, 0.15) is 0 Å². The highest BCUT2D eigenvalue weighted by Gasteiger charge is 2.34. The molecule has 130 valence electrons. The minimum Gasteiger partial charge on any atom is -0.342 e. The van der Waals surface area contributed by atoms with Crippen LogP contribution in [0, 0.1) is 17.8 Å². The summed E-state index contributed by atoms with van der Waals surface area (Å²) in [5, 5.41) is 0. The highest BCUT2D eigenvalue weighted by Crippen LogP contribution is 2.32. The van der Waals surface area contributed by atoms with E-state index in [0.717, 1.165) is 83.5 Å². The fraction of sp³-hybridized carbons (Fsp3) is 0.895. The van der Waals surface area contributed by atoms with Gasteiger partial charge in [-0.2, -0.15) is 0 Å². The van der Waals surface area contributed by atoms with Crippen molar-refractivity contribution in [2.24, 2.45) is 17.8 Å². The highest BCUT2D eigenvalue weighted by atomic mass is 16.2. The number of rotatable bonds is 2. The number of piperidine rings is 2. The summed E-state index contributed by atoms with van der Waals surface area (Å²) >= 11 is 0. The summed E-state index contributed by atoms with van der Waals surface area (Å²) in [5.74, 6) is 1.84. The van der Waals surface area contributed by atoms with Gasteiger partial charge in [-0.1, -0.05) is 6.92 Å². The predicted molar refractivity (Wildman–Crippen MR) is 90.9 cm³/mol. The average molecular weight is 320 g/mol. The molecule has 2 saturated heterocycles. The minimum absolute atomic E-state index is 0.175. The minimum atomic E-state index is 0.175. The second-order valence-electron chi connectivity index (χ2n) is 7.94. The second-order valence-corrected chi connectivity index (χ2v) is 7.94. The molecule has 1 saturated carbocycles. The van der Waals surface area contributed by atoms with Gasteiger partial charge < -0.3 is 9.80 Å². The quantitative estimate of drug-likeness (QED) is 0.784. The van der Waals surface area contributed by atoms with Crippen molar-refractivity contribution in [2.75, 3.05) is 26.2 Å². The fourth-order valence-corrected chi connectivity index (χ4v) is 4.45. The van der Waals surface area contributed by atoms with Gasteiger partial charge >= 0.3 is 0 Å². The lowest BCUT2D eigenvalue weighted by Gasteiger charge is -2.37. The molecule has 3 aliphatic rings. The number of carbonyl (C=O) groups excluding carboxylic acids is 2. The Hall–Kier alpha value is -1.06. The van der Waals surface area contributed by atoms with Crippen LogP contribution in [0.3, 0.4) is 0 Å². The van der Waals surface area contributed by atoms with Crippen molar-refractivity contribution in [3.8, 4) is 0 Å². The van der Waals surface area contributed by atoms with Gasteiger partial charge in [0.05, 0.1) is 0 Å². The molecular formula is C19H32N2O2. The molecule has 0 bridgehead atoms. The third-order valence-electron chi connectivity index (χ3n) is 6.19. The first kappa shape index (κ1) is 16.8. The number of amides is 2. The summed E-state index contributed by atoms with van der Waals surface area (Å²) < 4.78 is 0. The SMILES string of the molecule is CC1CCN(C(=O)C2CCC(C(=O)N3CCCCC3)CC2)CC1. The molecule has 0 spiro atoms. The molecule has 2 aliphatic heterocycles. The Bertz CT molecular complexity index is 415. The molecule has 0 aromatic rings. The van der Waals surface area contributed by atoms with Crippen molar-refractivity contribution < 1.29 is 9.59 Å². The van der Waals surface area contributed by atoms with Crippen molar-refractivity contribution in [3.63, 3.8) is 0 Å². The van der Waals surface area contributed by atoms with E-state index in [1.54, 1.807) is 0 Å². The zero-order chi connectivity index (χ0) is 16.2. The zero-order valence-electron chi connectivity index (χ0n) is 14.6. The summed E-state index contributed by atoms with van der Waals surface area (Å²) in [5.41, 5.74) is 0. The molecule has 3 fully saturated rings. The fourth-order valence-electron chi connectivity index (χ4n) is 4.45. The Balaban J connectivity index is 1.46. The standard InChI is InChI=1S/C19H32N2O2/c1-15-9-13-21(14-10-15)19(23)17-7-5-16(6-8-17)18(22)20-11-3-2-4-12-20/h15-17H,2-14H2,1H3. The molecule has 2 heterocycles. The molecule has 0 atom stereocenters. The average Bonchev–Trinajstić information content (AvgIpc) is 2.62. The Morgan fingerprint density at radius 3 is 1.57 bits per heavy atom. The van der Waals surface area contributed by atoms with E-state index in [9.17, 15) is 9.59 Å². The normalized spacial score (nSPS) is 30.3. The molecule has 0 radical (unpaired) electrons. The Kier molecular flexibility index (Phi) is 5.60. The van der Waals surface area contributed by atoms with Gasteiger partial charge in [-0.05, 0) is 63.7 Å². The van der Waals surface area contributed by atoms with E-state index in [1.807, 2.05) is 0 Å². The summed E-state index contributed by atoms with van der Waals surface area (Å²) in [4.78, 5) is 29.4. The highest BCUT2D eigenvalue weighted by molar-refractivity contribution is 5.81. The van der Waals surface area contributed by atoms with Crippen LogP contribution in [-0.2, 0) is 9.59 Å². The Labute approximate surface area is 140 Å². The Morgan fingerprint density at radius 2 is 1.09 bits per heavy atom. The van der Waals surface area contributed by atoms with Crippen LogP contribution in [0.4, 0.5) is 0 Å². The number of nitrogens with zero attached hydrogens (tertiary/aromatic N) is 2. The topological polar surface area (TPSA) is 40.6 Å². The third-order valence-corrected chi connectivity index (χ3v) is 6.19. The first-order chi connectivity index (χ1) is 11.1. The van der Waals surface area contributed by atoms with Crippen LogP contribution in [0.25, 0.3) is 0 Å². The summed E-state index contributed by atoms with van der Waals surface area (Å²) in [6.45, 7) is 6.05. The first-order valence-corrected chi connectivity index (χ1v) is 9.72. The second kappa shape index (κ2) is 7.67. The van der Waals surface area contributed by atoms with E-state index in [1.165, 1.54) is 6.42 Å². The van der Waals surface area contributed by atoms with Crippen LogP contribution in [-0.4, -0.2) is 47.8 Å². The lowest BCUT2D eigenvalue weighted by Crippen LogP contribution is -2.44. The molecular weight excluding hydrogens is 288 g/mol. The van der Waals surface area contributed by atoms with Crippen LogP contribution in [0.2, 0.25) is 0 Å². The number of carbonyl (C=O) groups is 2. The van der Waals surface area contributed by atoms with Crippen molar-refractivity contribution in [1.29, 1.82) is 0 Å². The summed E-state index contributed by atoms with van der Waals surface area (Å²) in [6.07, 6.45) is 9.53. The number of likely N-dealkylation sites (tertiary alicyclic amines) is 2. The van der Waals surface area contributed by atoms with Crippen LogP contribution in [0.5, 0.6) is 0 Å². The maximum absolute atomic E-state index is 12.7. The molecule has 0 aromatic carbocycles. The molecule has 0 unspecified atom stereocenters. The van der Waals surface area contributed by atoms with Crippen LogP contribution in [0.15, 0.2) is 0 Å². The van der Waals surface area contributed by atoms with E-state index in [4.69, 9.17) is 0 Å². The van der Waals surface area contributed by atoms with Gasteiger partial charge in [0, 0.05) is 38.0 Å². The van der Waals surface area contributed by atoms with E-state index in [-0.39, 0.29) is 11.8 Å². The van der Waals surface area contributed by atoms with Crippen molar-refractivity contribution in [3.05, 3.63) is 0 Å². The molecule has 0 N–H and O–H groups in total. The maximum atomic E-state index is 12.7. The van der Waals surface area contributed by atoms with Gasteiger partial charge in [0.15, 0.2) is 0 Å². The van der Waals surface area contributed by atoms with Gasteiger partial charge in [0.25, 0.3) is 0 Å². The molecule has 0 aromatic heterocycles. The first-order valence-electron chi connectivity index (χ1n) is 9.72. The van der Waals surface area contributed by atoms with E-state index in [2.05, 4.69) is 16.7 Å². The Morgan fingerprint density at radius 1 is 0.652 bits per heavy atom. The number of hydrogen-bond donors (Lipinski definition) is 0. The van der Waals surface area contributed by atoms with Gasteiger partial charge in [0.2, 0.25) is 11.8 Å². The largest absolute Gasteiger partial charge is 0.342 e. The van der Waals surface area contributed by atoms with Crippen LogP contribution in [0.1, 0.15) is 64.7 Å². The summed E-state index contributed by atoms with van der Waals surface area (Å²) in [7, 11) is 0. The molecule has 1 aliphatic carbocycles. The van der Waals surface area contributed by atoms with Crippen molar-refractivity contribution >= 4 is 11.8 Å². The van der Waals surface area contributed by atoms with E-state index < -0.39 is 0 Å². The summed E-state index contributed by atoms with van der Waals surface area (Å²) in [6, 6.07) is 0. The predicted octanol–water partition coefficient (Wildman–Crippen LogP) is 3.06. The van der Waals surface area contributed by atoms with Crippen molar-refractivity contribution in [2.45, 2.75) is 64.7 Å². The van der Waals surface area contributed by atoms with Gasteiger partial charge in [-0.15, -0.1) is 0 Å². The van der Waals surface area contributed by atoms with E-state index >= 15 is 0 Å². The molecule has 4 nitrogen and oxygen atoms in total. The van der Waals surface area contributed by atoms with Crippen LogP contribution < -0.4 is 0 Å². The molecule has 4 heteroatoms. The van der Waals surface area contributed by atoms with Crippen molar-refractivity contribution in [1.82, 2.24) is 9.80 Å². The smallest absolute Gasteiger partial charge is 0.225 e. The maximum Gasteiger partial charge on any atom is 0.225 e. The lowest BCUT2D eigenvalue weighted by molar-refractivity contribution is -0.142. The van der Waals surface area contributed by atoms with Gasteiger partial charge in [-0.3, -0.25) is 9.59 Å². The number of hydrogen-bond acceptors (Lipinski definition) is 2. The monoisotopic (exact) mass is 320 g/mol. The molecule has 23 heavy (non-hydrogen) atoms. The van der Waals surface area contributed by atoms with Crippen LogP contribution >= 0.6 is 0 Å².